The van der Waals surface area contributed by atoms with Crippen LogP contribution < -0.4 is 10.6 Å². The van der Waals surface area contributed by atoms with E-state index < -0.39 is 0 Å². The molecule has 0 unspecified atom stereocenters. The molecule has 0 bridgehead atoms. The monoisotopic (exact) mass is 474 g/mol. The second kappa shape index (κ2) is 10.5. The topological polar surface area (TPSA) is 67.1 Å². The molecule has 26 heavy (non-hydrogen) atoms. The summed E-state index contributed by atoms with van der Waals surface area (Å²) >= 11 is 0. The fourth-order valence-electron chi connectivity index (χ4n) is 4.21. The highest BCUT2D eigenvalue weighted by Crippen LogP contribution is 2.40. The summed E-state index contributed by atoms with van der Waals surface area (Å²) in [6, 6.07) is 0. The number of guanidine groups is 1. The van der Waals surface area contributed by atoms with Crippen LogP contribution in [0.2, 0.25) is 0 Å². The predicted octanol–water partition coefficient (Wildman–Crippen LogP) is 3.65. The quantitative estimate of drug-likeness (QED) is 0.375. The largest absolute Gasteiger partial charge is 0.357 e. The van der Waals surface area contributed by atoms with Crippen molar-refractivity contribution in [2.75, 3.05) is 13.1 Å². The van der Waals surface area contributed by atoms with Gasteiger partial charge < -0.3 is 15.2 Å². The Morgan fingerprint density at radius 2 is 1.88 bits per heavy atom. The van der Waals surface area contributed by atoms with Gasteiger partial charge in [0.2, 0.25) is 0 Å². The Kier molecular flexibility index (Phi) is 8.63. The van der Waals surface area contributed by atoms with Gasteiger partial charge >= 0.3 is 0 Å². The highest BCUT2D eigenvalue weighted by molar-refractivity contribution is 14.0. The smallest absolute Gasteiger partial charge is 0.191 e. The van der Waals surface area contributed by atoms with Crippen molar-refractivity contribution < 1.29 is 0 Å². The molecule has 1 aliphatic heterocycles. The van der Waals surface area contributed by atoms with E-state index in [-0.39, 0.29) is 24.0 Å². The molecular formula is C19H35IN6. The highest BCUT2D eigenvalue weighted by Gasteiger charge is 2.31. The maximum Gasteiger partial charge on any atom is 0.191 e. The van der Waals surface area contributed by atoms with Crippen LogP contribution in [0, 0.1) is 5.41 Å². The van der Waals surface area contributed by atoms with Crippen molar-refractivity contribution in [2.45, 2.75) is 84.7 Å². The van der Waals surface area contributed by atoms with Crippen molar-refractivity contribution in [3.8, 4) is 0 Å². The first kappa shape index (κ1) is 21.4. The third-order valence-corrected chi connectivity index (χ3v) is 5.95. The molecular weight excluding hydrogens is 439 g/mol. The molecule has 1 aliphatic carbocycles. The van der Waals surface area contributed by atoms with Gasteiger partial charge in [-0.3, -0.25) is 0 Å². The molecule has 0 aromatic carbocycles. The number of halogens is 1. The fraction of sp³-hybridized carbons (Fsp3) is 0.842. The molecule has 0 saturated heterocycles. The summed E-state index contributed by atoms with van der Waals surface area (Å²) in [6.07, 6.45) is 11.5. The lowest BCUT2D eigenvalue weighted by molar-refractivity contribution is 0.283. The van der Waals surface area contributed by atoms with Crippen molar-refractivity contribution >= 4 is 29.9 Å². The number of nitrogens with one attached hydrogen (secondary N) is 2. The fourth-order valence-corrected chi connectivity index (χ4v) is 4.21. The van der Waals surface area contributed by atoms with E-state index >= 15 is 0 Å². The first-order valence-corrected chi connectivity index (χ1v) is 10.2. The van der Waals surface area contributed by atoms with Crippen molar-refractivity contribution in [1.82, 2.24) is 25.4 Å². The van der Waals surface area contributed by atoms with Crippen molar-refractivity contribution in [2.24, 2.45) is 10.4 Å². The molecule has 2 N–H and O–H groups in total. The maximum atomic E-state index is 4.79. The van der Waals surface area contributed by atoms with Gasteiger partial charge in [-0.15, -0.1) is 34.2 Å². The minimum atomic E-state index is 0. The number of hydrogen-bond donors (Lipinski definition) is 2. The standard InChI is InChI=1S/C19H34N6.HI/c1-3-19(11-7-8-12-19)15-22-18(20-4-2)21-14-17-24-23-16-10-6-5-9-13-25(16)17;/h3-15H2,1-2H3,(H2,20,21,22);1H. The molecule has 2 aliphatic rings. The molecule has 2 heterocycles. The number of nitrogens with zero attached hydrogens (tertiary/aromatic N) is 4. The minimum absolute atomic E-state index is 0. The van der Waals surface area contributed by atoms with Gasteiger partial charge in [0.25, 0.3) is 0 Å². The Balaban J connectivity index is 0.00000243. The summed E-state index contributed by atoms with van der Waals surface area (Å²) in [7, 11) is 0. The number of fused-ring (bicyclic) bond motifs is 1. The number of aromatic nitrogens is 3. The Labute approximate surface area is 175 Å². The maximum absolute atomic E-state index is 4.79. The molecule has 1 aromatic rings. The highest BCUT2D eigenvalue weighted by atomic mass is 127. The molecule has 6 nitrogen and oxygen atoms in total. The normalized spacial score (nSPS) is 19.4. The zero-order valence-corrected chi connectivity index (χ0v) is 18.7. The summed E-state index contributed by atoms with van der Waals surface area (Å²) in [6.45, 7) is 7.97. The van der Waals surface area contributed by atoms with Crippen molar-refractivity contribution in [3.05, 3.63) is 11.6 Å². The first-order chi connectivity index (χ1) is 12.3. The van der Waals surface area contributed by atoms with Crippen LogP contribution in [0.15, 0.2) is 4.99 Å². The van der Waals surface area contributed by atoms with Crippen LogP contribution in [0.25, 0.3) is 0 Å². The molecule has 148 valence electrons. The van der Waals surface area contributed by atoms with E-state index in [0.29, 0.717) is 12.0 Å². The molecule has 0 atom stereocenters. The van der Waals surface area contributed by atoms with Crippen LogP contribution in [-0.4, -0.2) is 33.8 Å². The van der Waals surface area contributed by atoms with E-state index in [4.69, 9.17) is 4.99 Å². The SMILES string of the molecule is CCNC(=NCc1nnc2n1CCCCC2)NCC1(CC)CCCC1.I. The second-order valence-electron chi connectivity index (χ2n) is 7.60. The Bertz CT molecular complexity index is 577. The van der Waals surface area contributed by atoms with Gasteiger partial charge in [-0.2, -0.15) is 0 Å². The average Bonchev–Trinajstić information content (AvgIpc) is 3.19. The van der Waals surface area contributed by atoms with Crippen LogP contribution >= 0.6 is 24.0 Å². The molecule has 3 rings (SSSR count). The summed E-state index contributed by atoms with van der Waals surface area (Å²) in [5, 5.41) is 15.7. The van der Waals surface area contributed by atoms with Gasteiger partial charge in [-0.1, -0.05) is 26.2 Å². The molecule has 1 saturated carbocycles. The third-order valence-electron chi connectivity index (χ3n) is 5.95. The summed E-state index contributed by atoms with van der Waals surface area (Å²) in [5.41, 5.74) is 0.460. The van der Waals surface area contributed by atoms with E-state index in [1.165, 1.54) is 51.4 Å². The van der Waals surface area contributed by atoms with E-state index in [2.05, 4.69) is 39.2 Å². The molecule has 0 spiro atoms. The second-order valence-corrected chi connectivity index (χ2v) is 7.60. The van der Waals surface area contributed by atoms with E-state index in [1.54, 1.807) is 0 Å². The summed E-state index contributed by atoms with van der Waals surface area (Å²) in [5.74, 6) is 3.05. The summed E-state index contributed by atoms with van der Waals surface area (Å²) in [4.78, 5) is 4.79. The zero-order valence-electron chi connectivity index (χ0n) is 16.4. The van der Waals surface area contributed by atoms with E-state index in [0.717, 1.165) is 43.7 Å². The van der Waals surface area contributed by atoms with Crippen LogP contribution in [0.4, 0.5) is 0 Å². The number of aryl methyl sites for hydroxylation is 1. The van der Waals surface area contributed by atoms with Crippen LogP contribution in [0.3, 0.4) is 0 Å². The lowest BCUT2D eigenvalue weighted by Gasteiger charge is -2.28. The minimum Gasteiger partial charge on any atom is -0.357 e. The molecule has 0 radical (unpaired) electrons. The van der Waals surface area contributed by atoms with Gasteiger partial charge in [0.1, 0.15) is 12.4 Å². The molecule has 7 heteroatoms. The number of rotatable bonds is 6. The first-order valence-electron chi connectivity index (χ1n) is 10.2. The van der Waals surface area contributed by atoms with Crippen LogP contribution in [-0.2, 0) is 19.5 Å². The third kappa shape index (κ3) is 5.33. The van der Waals surface area contributed by atoms with Crippen LogP contribution in [0.1, 0.15) is 76.9 Å². The number of aliphatic imine (C=N–C) groups is 1. The van der Waals surface area contributed by atoms with Gasteiger partial charge in [-0.05, 0) is 44.4 Å². The van der Waals surface area contributed by atoms with Gasteiger partial charge in [0, 0.05) is 26.1 Å². The Morgan fingerprint density at radius 3 is 2.62 bits per heavy atom. The van der Waals surface area contributed by atoms with Gasteiger partial charge in [0.05, 0.1) is 0 Å². The van der Waals surface area contributed by atoms with Gasteiger partial charge in [-0.25, -0.2) is 4.99 Å². The van der Waals surface area contributed by atoms with Crippen LogP contribution in [0.5, 0.6) is 0 Å². The lowest BCUT2D eigenvalue weighted by atomic mass is 9.83. The van der Waals surface area contributed by atoms with E-state index in [9.17, 15) is 0 Å². The van der Waals surface area contributed by atoms with Gasteiger partial charge in [0.15, 0.2) is 11.8 Å². The molecule has 1 aromatic heterocycles. The lowest BCUT2D eigenvalue weighted by Crippen LogP contribution is -2.42. The Hall–Kier alpha value is -0.860. The molecule has 1 fully saturated rings. The molecule has 0 amide bonds. The Morgan fingerprint density at radius 1 is 1.08 bits per heavy atom. The van der Waals surface area contributed by atoms with E-state index in [1.807, 2.05) is 0 Å². The number of hydrogen-bond acceptors (Lipinski definition) is 3. The van der Waals surface area contributed by atoms with Crippen molar-refractivity contribution in [1.29, 1.82) is 0 Å². The zero-order chi connectivity index (χ0) is 17.5. The predicted molar refractivity (Wildman–Crippen MR) is 117 cm³/mol. The van der Waals surface area contributed by atoms with Crippen molar-refractivity contribution in [3.63, 3.8) is 0 Å². The summed E-state index contributed by atoms with van der Waals surface area (Å²) < 4.78 is 2.28. The average molecular weight is 474 g/mol.